The van der Waals surface area contributed by atoms with Gasteiger partial charge < -0.3 is 9.47 Å². The molecule has 0 saturated carbocycles. The quantitative estimate of drug-likeness (QED) is 0.544. The van der Waals surface area contributed by atoms with Crippen LogP contribution in [0.1, 0.15) is 6.42 Å². The average Bonchev–Trinajstić information content (AvgIpc) is 2.43. The van der Waals surface area contributed by atoms with E-state index in [-0.39, 0.29) is 4.90 Å². The first-order valence-electron chi connectivity index (χ1n) is 5.87. The van der Waals surface area contributed by atoms with Crippen molar-refractivity contribution in [1.82, 2.24) is 4.72 Å². The van der Waals surface area contributed by atoms with Crippen molar-refractivity contribution in [3.63, 3.8) is 0 Å². The number of rotatable bonds is 9. The molecule has 0 saturated heterocycles. The molecule has 0 aliphatic carbocycles. The summed E-state index contributed by atoms with van der Waals surface area (Å²) in [7, 11) is -1.91. The minimum atomic E-state index is -3.45. The summed E-state index contributed by atoms with van der Waals surface area (Å²) < 4.78 is 36.6. The predicted molar refractivity (Wildman–Crippen MR) is 77.4 cm³/mol. The van der Waals surface area contributed by atoms with Gasteiger partial charge in [0.25, 0.3) is 0 Å². The number of hydrogen-bond donors (Lipinski definition) is 1. The summed E-state index contributed by atoms with van der Waals surface area (Å²) in [5.74, 6) is 0.627. The molecule has 1 aromatic rings. The van der Waals surface area contributed by atoms with Crippen LogP contribution in [-0.2, 0) is 14.8 Å². The smallest absolute Gasteiger partial charge is 0.240 e. The Morgan fingerprint density at radius 1 is 1.21 bits per heavy atom. The maximum atomic E-state index is 11.9. The van der Waals surface area contributed by atoms with Crippen molar-refractivity contribution in [1.29, 1.82) is 0 Å². The second kappa shape index (κ2) is 8.52. The van der Waals surface area contributed by atoms with E-state index in [2.05, 4.69) is 20.7 Å². The Morgan fingerprint density at radius 3 is 2.47 bits per heavy atom. The molecular weight excluding hydrogens is 334 g/mol. The minimum Gasteiger partial charge on any atom is -0.497 e. The first kappa shape index (κ1) is 16.4. The second-order valence-corrected chi connectivity index (χ2v) is 6.29. The number of sulfonamides is 1. The van der Waals surface area contributed by atoms with E-state index in [1.807, 2.05) is 0 Å². The van der Waals surface area contributed by atoms with Gasteiger partial charge in [0.15, 0.2) is 0 Å². The third kappa shape index (κ3) is 5.90. The van der Waals surface area contributed by atoms with Gasteiger partial charge in [0, 0.05) is 18.5 Å². The number of halogens is 1. The van der Waals surface area contributed by atoms with Gasteiger partial charge in [-0.05, 0) is 30.7 Å². The third-order valence-electron chi connectivity index (χ3n) is 2.35. The number of nitrogens with one attached hydrogen (secondary N) is 1. The van der Waals surface area contributed by atoms with Crippen LogP contribution in [-0.4, -0.2) is 40.6 Å². The molecule has 5 nitrogen and oxygen atoms in total. The Labute approximate surface area is 122 Å². The van der Waals surface area contributed by atoms with Crippen LogP contribution in [0.4, 0.5) is 0 Å². The highest BCUT2D eigenvalue weighted by Gasteiger charge is 2.12. The largest absolute Gasteiger partial charge is 0.497 e. The van der Waals surface area contributed by atoms with Crippen molar-refractivity contribution in [2.75, 3.05) is 32.2 Å². The molecule has 0 fully saturated rings. The van der Waals surface area contributed by atoms with E-state index in [4.69, 9.17) is 9.47 Å². The summed E-state index contributed by atoms with van der Waals surface area (Å²) in [5.41, 5.74) is 0. The molecule has 0 amide bonds. The summed E-state index contributed by atoms with van der Waals surface area (Å²) in [6.07, 6.45) is 0.641. The van der Waals surface area contributed by atoms with E-state index in [0.29, 0.717) is 31.9 Å². The lowest BCUT2D eigenvalue weighted by Gasteiger charge is -2.07. The molecule has 7 heteroatoms. The topological polar surface area (TPSA) is 64.6 Å². The molecule has 0 radical (unpaired) electrons. The van der Waals surface area contributed by atoms with E-state index in [9.17, 15) is 8.42 Å². The standard InChI is InChI=1S/C12H18BrNO4S/c1-17-11-3-5-12(6-4-11)19(15,16)14-8-2-9-18-10-7-13/h3-6,14H,2,7-10H2,1H3. The van der Waals surface area contributed by atoms with E-state index in [1.165, 1.54) is 19.2 Å². The Bertz CT molecular complexity index is 461. The number of benzene rings is 1. The summed E-state index contributed by atoms with van der Waals surface area (Å²) in [6.45, 7) is 1.53. The van der Waals surface area contributed by atoms with Crippen LogP contribution < -0.4 is 9.46 Å². The van der Waals surface area contributed by atoms with Gasteiger partial charge in [-0.3, -0.25) is 0 Å². The number of methoxy groups -OCH3 is 1. The molecule has 0 aliphatic rings. The minimum absolute atomic E-state index is 0.231. The van der Waals surface area contributed by atoms with Crippen molar-refractivity contribution < 1.29 is 17.9 Å². The summed E-state index contributed by atoms with van der Waals surface area (Å²) in [4.78, 5) is 0.231. The van der Waals surface area contributed by atoms with E-state index in [0.717, 1.165) is 5.33 Å². The fraction of sp³-hybridized carbons (Fsp3) is 0.500. The van der Waals surface area contributed by atoms with Crippen LogP contribution in [0.25, 0.3) is 0 Å². The molecular formula is C12H18BrNO4S. The molecule has 0 unspecified atom stereocenters. The lowest BCUT2D eigenvalue weighted by molar-refractivity contribution is 0.149. The summed E-state index contributed by atoms with van der Waals surface area (Å²) >= 11 is 3.25. The van der Waals surface area contributed by atoms with Gasteiger partial charge in [-0.15, -0.1) is 0 Å². The highest BCUT2D eigenvalue weighted by Crippen LogP contribution is 2.15. The molecule has 0 aliphatic heterocycles. The van der Waals surface area contributed by atoms with Gasteiger partial charge >= 0.3 is 0 Å². The average molecular weight is 352 g/mol. The van der Waals surface area contributed by atoms with E-state index >= 15 is 0 Å². The van der Waals surface area contributed by atoms with Crippen LogP contribution in [0.15, 0.2) is 29.2 Å². The second-order valence-electron chi connectivity index (χ2n) is 3.73. The van der Waals surface area contributed by atoms with Gasteiger partial charge in [-0.1, -0.05) is 15.9 Å². The first-order valence-corrected chi connectivity index (χ1v) is 8.48. The summed E-state index contributed by atoms with van der Waals surface area (Å²) in [6, 6.07) is 6.27. The van der Waals surface area contributed by atoms with Gasteiger partial charge in [0.05, 0.1) is 18.6 Å². The predicted octanol–water partition coefficient (Wildman–Crippen LogP) is 1.78. The lowest BCUT2D eigenvalue weighted by atomic mass is 10.3. The molecule has 0 bridgehead atoms. The maximum absolute atomic E-state index is 11.9. The zero-order valence-electron chi connectivity index (χ0n) is 10.8. The van der Waals surface area contributed by atoms with Crippen LogP contribution >= 0.6 is 15.9 Å². The van der Waals surface area contributed by atoms with Crippen LogP contribution in [0, 0.1) is 0 Å². The Kier molecular flexibility index (Phi) is 7.37. The highest BCUT2D eigenvalue weighted by molar-refractivity contribution is 9.09. The normalized spacial score (nSPS) is 11.5. The molecule has 1 aromatic carbocycles. The van der Waals surface area contributed by atoms with Crippen LogP contribution in [0.3, 0.4) is 0 Å². The van der Waals surface area contributed by atoms with Gasteiger partial charge in [0.1, 0.15) is 5.75 Å². The Balaban J connectivity index is 2.42. The van der Waals surface area contributed by atoms with Crippen molar-refractivity contribution >= 4 is 26.0 Å². The summed E-state index contributed by atoms with van der Waals surface area (Å²) in [5, 5.41) is 0.782. The zero-order chi connectivity index (χ0) is 14.1. The molecule has 108 valence electrons. The molecule has 1 N–H and O–H groups in total. The van der Waals surface area contributed by atoms with E-state index in [1.54, 1.807) is 12.1 Å². The van der Waals surface area contributed by atoms with Gasteiger partial charge in [-0.2, -0.15) is 0 Å². The Morgan fingerprint density at radius 2 is 1.89 bits per heavy atom. The molecule has 1 rings (SSSR count). The van der Waals surface area contributed by atoms with E-state index < -0.39 is 10.0 Å². The lowest BCUT2D eigenvalue weighted by Crippen LogP contribution is -2.25. The number of alkyl halides is 1. The number of ether oxygens (including phenoxy) is 2. The number of hydrogen-bond acceptors (Lipinski definition) is 4. The monoisotopic (exact) mass is 351 g/mol. The van der Waals surface area contributed by atoms with Crippen molar-refractivity contribution in [3.8, 4) is 5.75 Å². The van der Waals surface area contributed by atoms with Crippen LogP contribution in [0.5, 0.6) is 5.75 Å². The fourth-order valence-corrected chi connectivity index (χ4v) is 2.68. The van der Waals surface area contributed by atoms with Crippen molar-refractivity contribution in [2.24, 2.45) is 0 Å². The van der Waals surface area contributed by atoms with Gasteiger partial charge in [0.2, 0.25) is 10.0 Å². The molecule has 0 aromatic heterocycles. The van der Waals surface area contributed by atoms with Crippen molar-refractivity contribution in [3.05, 3.63) is 24.3 Å². The third-order valence-corrected chi connectivity index (χ3v) is 4.15. The molecule has 0 atom stereocenters. The fourth-order valence-electron chi connectivity index (χ4n) is 1.38. The molecule has 0 heterocycles. The van der Waals surface area contributed by atoms with Crippen LogP contribution in [0.2, 0.25) is 0 Å². The van der Waals surface area contributed by atoms with Crippen molar-refractivity contribution in [2.45, 2.75) is 11.3 Å². The van der Waals surface area contributed by atoms with Gasteiger partial charge in [-0.25, -0.2) is 13.1 Å². The molecule has 0 spiro atoms. The first-order chi connectivity index (χ1) is 9.10. The SMILES string of the molecule is COc1ccc(S(=O)(=O)NCCCOCCBr)cc1. The highest BCUT2D eigenvalue weighted by atomic mass is 79.9. The zero-order valence-corrected chi connectivity index (χ0v) is 13.2. The Hall–Kier alpha value is -0.630. The maximum Gasteiger partial charge on any atom is 0.240 e. The molecule has 19 heavy (non-hydrogen) atoms.